The number of ether oxygens (including phenoxy) is 4. The van der Waals surface area contributed by atoms with Crippen LogP contribution in [0.2, 0.25) is 6.32 Å². The van der Waals surface area contributed by atoms with Gasteiger partial charge in [0.1, 0.15) is 28.6 Å². The Labute approximate surface area is 298 Å². The molecule has 5 atom stereocenters. The summed E-state index contributed by atoms with van der Waals surface area (Å²) in [7, 11) is -0.279. The van der Waals surface area contributed by atoms with Crippen molar-refractivity contribution < 1.29 is 42.6 Å². The largest absolute Gasteiger partial charge is 0.486 e. The van der Waals surface area contributed by atoms with E-state index in [9.17, 15) is 14.4 Å². The van der Waals surface area contributed by atoms with Gasteiger partial charge in [0.05, 0.1) is 50.5 Å². The van der Waals surface area contributed by atoms with Crippen LogP contribution in [0.25, 0.3) is 0 Å². The molecule has 3 aliphatic carbocycles. The second kappa shape index (κ2) is 13.3. The molecule has 0 radical (unpaired) electrons. The number of amides is 2. The van der Waals surface area contributed by atoms with Crippen molar-refractivity contribution in [3.63, 3.8) is 0 Å². The number of carbonyl (C=O) groups is 3. The average molecular weight is 697 g/mol. The molecule has 50 heavy (non-hydrogen) atoms. The molecule has 3 saturated carbocycles. The Kier molecular flexibility index (Phi) is 9.83. The average Bonchev–Trinajstić information content (AvgIpc) is 3.32. The Hall–Kier alpha value is -2.83. The molecule has 3 saturated heterocycles. The van der Waals surface area contributed by atoms with E-state index in [2.05, 4.69) is 20.8 Å². The van der Waals surface area contributed by atoms with E-state index >= 15 is 0 Å². The summed E-state index contributed by atoms with van der Waals surface area (Å²) >= 11 is 0. The molecule has 2 amide bonds. The molecule has 6 fully saturated rings. The van der Waals surface area contributed by atoms with Gasteiger partial charge in [0, 0.05) is 6.54 Å². The van der Waals surface area contributed by atoms with Crippen LogP contribution in [0.5, 0.6) is 5.75 Å². The Bertz CT molecular complexity index is 1480. The van der Waals surface area contributed by atoms with Crippen molar-refractivity contribution in [3.05, 3.63) is 28.8 Å². The van der Waals surface area contributed by atoms with Crippen LogP contribution in [0.3, 0.4) is 0 Å². The lowest BCUT2D eigenvalue weighted by molar-refractivity contribution is -0.199. The molecule has 1 aromatic carbocycles. The number of esters is 1. The first-order valence-electron chi connectivity index (χ1n) is 18.5. The van der Waals surface area contributed by atoms with E-state index in [1.807, 2.05) is 60.6 Å². The zero-order chi connectivity index (χ0) is 36.4. The van der Waals surface area contributed by atoms with Crippen LogP contribution in [-0.4, -0.2) is 103 Å². The number of nitrogens with zero attached hydrogens (tertiary/aromatic N) is 2. The maximum atomic E-state index is 13.6. The molecule has 6 aliphatic rings. The van der Waals surface area contributed by atoms with E-state index in [1.54, 1.807) is 9.80 Å². The smallest absolute Gasteiger partial charge is 0.457 e. The fourth-order valence-electron chi connectivity index (χ4n) is 8.59. The van der Waals surface area contributed by atoms with Crippen molar-refractivity contribution in [2.45, 2.75) is 136 Å². The van der Waals surface area contributed by atoms with E-state index in [0.717, 1.165) is 17.5 Å². The molecule has 2 bridgehead atoms. The van der Waals surface area contributed by atoms with Crippen LogP contribution < -0.4 is 4.74 Å². The number of hydrogen-bond acceptors (Lipinski definition) is 9. The maximum absolute atomic E-state index is 13.6. The normalized spacial score (nSPS) is 29.1. The first-order valence-corrected chi connectivity index (χ1v) is 18.5. The minimum Gasteiger partial charge on any atom is -0.486 e. The molecule has 0 aromatic heterocycles. The fraction of sp³-hybridized carbons (Fsp3) is 0.763. The van der Waals surface area contributed by atoms with Crippen molar-refractivity contribution in [3.8, 4) is 5.75 Å². The highest BCUT2D eigenvalue weighted by molar-refractivity contribution is 6.45. The third-order valence-corrected chi connectivity index (χ3v) is 11.5. The number of benzene rings is 1. The van der Waals surface area contributed by atoms with Gasteiger partial charge >= 0.3 is 19.2 Å². The molecule has 276 valence electrons. The summed E-state index contributed by atoms with van der Waals surface area (Å²) in [5.74, 6) is 1.16. The van der Waals surface area contributed by atoms with Crippen molar-refractivity contribution >= 4 is 25.1 Å². The van der Waals surface area contributed by atoms with Gasteiger partial charge in [-0.25, -0.2) is 9.59 Å². The zero-order valence-electron chi connectivity index (χ0n) is 31.8. The predicted octanol–water partition coefficient (Wildman–Crippen LogP) is 5.84. The van der Waals surface area contributed by atoms with Gasteiger partial charge in [-0.1, -0.05) is 19.9 Å². The molecule has 7 rings (SSSR count). The van der Waals surface area contributed by atoms with E-state index < -0.39 is 29.4 Å². The highest BCUT2D eigenvalue weighted by atomic mass is 16.7. The number of carbonyl (C=O) groups excluding carboxylic acids is 3. The Morgan fingerprint density at radius 3 is 2.32 bits per heavy atom. The highest BCUT2D eigenvalue weighted by Crippen LogP contribution is 2.65. The van der Waals surface area contributed by atoms with Gasteiger partial charge in [0.25, 0.3) is 0 Å². The lowest BCUT2D eigenvalue weighted by atomic mass is 9.43. The maximum Gasteiger partial charge on any atom is 0.457 e. The van der Waals surface area contributed by atoms with Gasteiger partial charge in [-0.2, -0.15) is 0 Å². The molecule has 1 aromatic rings. The molecule has 0 N–H and O–H groups in total. The monoisotopic (exact) mass is 696 g/mol. The second-order valence-corrected chi connectivity index (χ2v) is 17.8. The Morgan fingerprint density at radius 2 is 1.66 bits per heavy atom. The predicted molar refractivity (Wildman–Crippen MR) is 188 cm³/mol. The number of rotatable bonds is 8. The molecule has 11 nitrogen and oxygen atoms in total. The van der Waals surface area contributed by atoms with Crippen LogP contribution >= 0.6 is 0 Å². The highest BCUT2D eigenvalue weighted by Gasteiger charge is 2.67. The van der Waals surface area contributed by atoms with Crippen molar-refractivity contribution in [2.24, 2.45) is 17.3 Å². The SMILES string of the molecule is Cc1c(CCB2O[C@@H]3C[C@@H]4C[C@@H](C4(C)C)[C@]3(C)O2)ccc(OC2CN(C(=O)CC3CN(C(=O)OC(C)(C)C)CCO3)C2)c1C(=O)OC(C)(C)C. The van der Waals surface area contributed by atoms with Crippen LogP contribution in [0.15, 0.2) is 12.1 Å². The van der Waals surface area contributed by atoms with Crippen molar-refractivity contribution in [1.29, 1.82) is 0 Å². The van der Waals surface area contributed by atoms with Gasteiger partial charge < -0.3 is 38.1 Å². The van der Waals surface area contributed by atoms with Gasteiger partial charge in [0.2, 0.25) is 5.91 Å². The number of aryl methyl sites for hydroxylation is 1. The van der Waals surface area contributed by atoms with Crippen molar-refractivity contribution in [2.75, 3.05) is 32.8 Å². The molecular weight excluding hydrogens is 639 g/mol. The Morgan fingerprint density at radius 1 is 0.960 bits per heavy atom. The summed E-state index contributed by atoms with van der Waals surface area (Å²) in [6.07, 6.45) is 2.88. The van der Waals surface area contributed by atoms with E-state index in [4.69, 9.17) is 28.3 Å². The van der Waals surface area contributed by atoms with Crippen LogP contribution in [0.1, 0.15) is 103 Å². The quantitative estimate of drug-likeness (QED) is 0.245. The van der Waals surface area contributed by atoms with Gasteiger partial charge in [0.15, 0.2) is 0 Å². The summed E-state index contributed by atoms with van der Waals surface area (Å²) in [5, 5.41) is 0. The fourth-order valence-corrected chi connectivity index (χ4v) is 8.59. The summed E-state index contributed by atoms with van der Waals surface area (Å²) in [5.41, 5.74) is 1.02. The van der Waals surface area contributed by atoms with Crippen LogP contribution in [0.4, 0.5) is 4.79 Å². The summed E-state index contributed by atoms with van der Waals surface area (Å²) in [6, 6.07) is 3.86. The summed E-state index contributed by atoms with van der Waals surface area (Å²) in [6.45, 7) is 21.8. The first-order chi connectivity index (χ1) is 23.2. The Balaban J connectivity index is 1.06. The minimum absolute atomic E-state index is 0.0643. The lowest BCUT2D eigenvalue weighted by Gasteiger charge is -2.64. The van der Waals surface area contributed by atoms with Gasteiger partial charge in [-0.3, -0.25) is 4.79 Å². The van der Waals surface area contributed by atoms with E-state index in [1.165, 1.54) is 6.42 Å². The molecule has 3 heterocycles. The third kappa shape index (κ3) is 7.53. The van der Waals surface area contributed by atoms with Crippen LogP contribution in [-0.2, 0) is 34.7 Å². The zero-order valence-corrected chi connectivity index (χ0v) is 31.8. The molecule has 0 spiro atoms. The molecule has 3 aliphatic heterocycles. The number of morpholine rings is 1. The topological polar surface area (TPSA) is 113 Å². The summed E-state index contributed by atoms with van der Waals surface area (Å²) in [4.78, 5) is 42.6. The molecule has 12 heteroatoms. The first kappa shape index (κ1) is 36.9. The van der Waals surface area contributed by atoms with E-state index in [-0.39, 0.29) is 42.7 Å². The van der Waals surface area contributed by atoms with Gasteiger partial charge in [-0.15, -0.1) is 0 Å². The van der Waals surface area contributed by atoms with E-state index in [0.29, 0.717) is 68.7 Å². The number of likely N-dealkylation sites (tertiary alicyclic amines) is 1. The van der Waals surface area contributed by atoms with Crippen molar-refractivity contribution in [1.82, 2.24) is 9.80 Å². The van der Waals surface area contributed by atoms with Crippen LogP contribution in [0, 0.1) is 24.2 Å². The lowest BCUT2D eigenvalue weighted by Crippen LogP contribution is -2.65. The second-order valence-electron chi connectivity index (χ2n) is 17.8. The number of hydrogen-bond donors (Lipinski definition) is 0. The van der Waals surface area contributed by atoms with Gasteiger partial charge in [-0.05, 0) is 115 Å². The summed E-state index contributed by atoms with van der Waals surface area (Å²) < 4.78 is 36.6. The molecule has 1 unspecified atom stereocenters. The minimum atomic E-state index is -0.678. The third-order valence-electron chi connectivity index (χ3n) is 11.5. The standard InChI is InChI=1S/C38H57BN2O9/c1-23-24(13-14-39-49-30-18-25-17-29(37(25,8)9)38(30,10)50-39)11-12-28(32(23)33(43)47-35(2,3)4)46-27-21-41(22-27)31(42)19-26-20-40(15-16-45-26)34(44)48-36(5,6)7/h11-12,25-27,29-30H,13-22H2,1-10H3/t25-,26?,29-,30+,38-/m0/s1. The molecular formula is C38H57BN2O9.